The van der Waals surface area contributed by atoms with Crippen LogP contribution in [0.3, 0.4) is 0 Å². The van der Waals surface area contributed by atoms with Gasteiger partial charge in [0.25, 0.3) is 0 Å². The molecule has 0 aliphatic heterocycles. The predicted molar refractivity (Wildman–Crippen MR) is 103 cm³/mol. The lowest BCUT2D eigenvalue weighted by atomic mass is 9.64. The molecule has 2 N–H and O–H groups in total. The van der Waals surface area contributed by atoms with Gasteiger partial charge >= 0.3 is 5.97 Å². The largest absolute Gasteiger partial charge is 0.508 e. The van der Waals surface area contributed by atoms with Crippen molar-refractivity contribution in [1.29, 1.82) is 0 Å². The van der Waals surface area contributed by atoms with Crippen LogP contribution in [0, 0.1) is 23.3 Å². The Morgan fingerprint density at radius 1 is 0.968 bits per heavy atom. The van der Waals surface area contributed by atoms with Gasteiger partial charge in [0, 0.05) is 16.6 Å². The van der Waals surface area contributed by atoms with Gasteiger partial charge in [-0.1, -0.05) is 26.0 Å². The molecule has 0 atom stereocenters. The van der Waals surface area contributed by atoms with Gasteiger partial charge in [0.05, 0.1) is 0 Å². The fourth-order valence-corrected chi connectivity index (χ4v) is 4.15. The van der Waals surface area contributed by atoms with Gasteiger partial charge in [-0.3, -0.25) is 4.79 Å². The summed E-state index contributed by atoms with van der Waals surface area (Å²) in [6.45, 7) is 3.45. The maximum atomic E-state index is 15.0. The van der Waals surface area contributed by atoms with Crippen molar-refractivity contribution in [3.05, 3.63) is 93.1 Å². The minimum absolute atomic E-state index is 0.162. The molecule has 0 aromatic heterocycles. The smallest absolute Gasteiger partial charge is 0.339 e. The molecule has 158 valence electrons. The zero-order valence-electron chi connectivity index (χ0n) is 16.2. The number of benzene rings is 2. The number of carbonyl (C=O) groups excluding carboxylic acids is 1. The molecule has 0 saturated heterocycles. The Labute approximate surface area is 173 Å². The van der Waals surface area contributed by atoms with E-state index < -0.39 is 51.6 Å². The van der Waals surface area contributed by atoms with E-state index in [2.05, 4.69) is 0 Å². The summed E-state index contributed by atoms with van der Waals surface area (Å²) in [7, 11) is 0. The molecule has 0 fully saturated rings. The van der Waals surface area contributed by atoms with E-state index in [0.717, 1.165) is 6.08 Å². The monoisotopic (exact) mass is 430 g/mol. The highest BCUT2D eigenvalue weighted by Crippen LogP contribution is 2.51. The van der Waals surface area contributed by atoms with Crippen molar-refractivity contribution in [2.45, 2.75) is 19.3 Å². The molecule has 0 amide bonds. The number of ketones is 1. The molecule has 0 unspecified atom stereocenters. The molecule has 4 rings (SSSR count). The third-order valence-corrected chi connectivity index (χ3v) is 5.61. The Hall–Kier alpha value is -3.68. The molecule has 8 heteroatoms. The zero-order valence-corrected chi connectivity index (χ0v) is 16.2. The van der Waals surface area contributed by atoms with E-state index in [1.165, 1.54) is 30.4 Å². The van der Waals surface area contributed by atoms with E-state index in [1.807, 2.05) is 0 Å². The van der Waals surface area contributed by atoms with Crippen LogP contribution in [0.1, 0.15) is 40.9 Å². The van der Waals surface area contributed by atoms with Gasteiger partial charge in [-0.05, 0) is 46.6 Å². The fraction of sp³-hybridized carbons (Fsp3) is 0.130. The second kappa shape index (κ2) is 6.66. The van der Waals surface area contributed by atoms with Crippen LogP contribution >= 0.6 is 0 Å². The predicted octanol–water partition coefficient (Wildman–Crippen LogP) is 4.81. The summed E-state index contributed by atoms with van der Waals surface area (Å²) in [5, 5.41) is 19.5. The van der Waals surface area contributed by atoms with Crippen LogP contribution in [-0.4, -0.2) is 22.0 Å². The summed E-state index contributed by atoms with van der Waals surface area (Å²) in [5.41, 5.74) is -2.46. The number of carboxylic acid groups (broad SMARTS) is 1. The van der Waals surface area contributed by atoms with Crippen LogP contribution in [0.5, 0.6) is 5.75 Å². The first-order chi connectivity index (χ1) is 14.5. The minimum Gasteiger partial charge on any atom is -0.508 e. The molecule has 0 radical (unpaired) electrons. The number of phenolic OH excluding ortho intramolecular Hbond substituents is 1. The van der Waals surface area contributed by atoms with Crippen molar-refractivity contribution in [1.82, 2.24) is 0 Å². The molecule has 0 bridgehead atoms. The number of hydrogen-bond acceptors (Lipinski definition) is 3. The van der Waals surface area contributed by atoms with Gasteiger partial charge in [0.2, 0.25) is 0 Å². The van der Waals surface area contributed by atoms with Crippen molar-refractivity contribution in [2.24, 2.45) is 0 Å². The number of phenols is 1. The molecule has 2 aromatic carbocycles. The highest BCUT2D eigenvalue weighted by atomic mass is 19.2. The molecule has 2 aliphatic rings. The van der Waals surface area contributed by atoms with E-state index in [9.17, 15) is 33.0 Å². The standard InChI is InChI=1S/C23H14F4O4/c1-23(2)13-7-9(28)3-5-11(13)15(12-6-4-10(29)8-14(12)23)16-17(22(30)31)19(25)21(27)20(26)18(16)24/h3-8,28H,1-2H3,(H,30,31). The van der Waals surface area contributed by atoms with Crippen molar-refractivity contribution in [3.8, 4) is 5.75 Å². The number of allylic oxidation sites excluding steroid dienone is 5. The quantitative estimate of drug-likeness (QED) is 0.408. The summed E-state index contributed by atoms with van der Waals surface area (Å²) in [6, 6.07) is 3.93. The van der Waals surface area contributed by atoms with Crippen LogP contribution in [0.2, 0.25) is 0 Å². The van der Waals surface area contributed by atoms with Crippen molar-refractivity contribution in [2.75, 3.05) is 0 Å². The lowest BCUT2D eigenvalue weighted by Crippen LogP contribution is -2.30. The molecule has 2 aliphatic carbocycles. The molecule has 0 heterocycles. The Bertz CT molecular complexity index is 1300. The van der Waals surface area contributed by atoms with Gasteiger partial charge in [0.1, 0.15) is 11.3 Å². The molecule has 31 heavy (non-hydrogen) atoms. The summed E-state index contributed by atoms with van der Waals surface area (Å²) < 4.78 is 57.5. The maximum absolute atomic E-state index is 15.0. The van der Waals surface area contributed by atoms with E-state index in [-0.39, 0.29) is 22.5 Å². The van der Waals surface area contributed by atoms with E-state index >= 15 is 4.39 Å². The van der Waals surface area contributed by atoms with Gasteiger partial charge in [-0.2, -0.15) is 0 Å². The number of rotatable bonds is 2. The number of fused-ring (bicyclic) bond motifs is 2. The molecule has 0 saturated carbocycles. The average Bonchev–Trinajstić information content (AvgIpc) is 2.70. The average molecular weight is 430 g/mol. The first kappa shape index (κ1) is 20.6. The van der Waals surface area contributed by atoms with Gasteiger partial charge in [0.15, 0.2) is 29.1 Å². The molecule has 0 spiro atoms. The highest BCUT2D eigenvalue weighted by Gasteiger charge is 2.41. The summed E-state index contributed by atoms with van der Waals surface area (Å²) in [5.74, 6) is -10.9. The lowest BCUT2D eigenvalue weighted by molar-refractivity contribution is -0.110. The Kier molecular flexibility index (Phi) is 4.43. The second-order valence-electron chi connectivity index (χ2n) is 7.75. The lowest BCUT2D eigenvalue weighted by Gasteiger charge is -2.39. The van der Waals surface area contributed by atoms with Crippen molar-refractivity contribution < 1.29 is 37.4 Å². The summed E-state index contributed by atoms with van der Waals surface area (Å²) in [4.78, 5) is 23.8. The molecular formula is C23H14F4O4. The number of hydrogen-bond donors (Lipinski definition) is 2. The normalized spacial score (nSPS) is 16.7. The Morgan fingerprint density at radius 3 is 2.26 bits per heavy atom. The van der Waals surface area contributed by atoms with Crippen LogP contribution < -0.4 is 0 Å². The number of halogens is 4. The third kappa shape index (κ3) is 2.82. The van der Waals surface area contributed by atoms with Crippen LogP contribution in [0.25, 0.3) is 5.57 Å². The topological polar surface area (TPSA) is 74.6 Å². The first-order valence-electron chi connectivity index (χ1n) is 9.09. The third-order valence-electron chi connectivity index (χ3n) is 5.61. The minimum atomic E-state index is -2.24. The summed E-state index contributed by atoms with van der Waals surface area (Å²) in [6.07, 6.45) is 3.70. The number of aromatic hydroxyl groups is 1. The SMILES string of the molecule is CC1(C)C2=CC(=O)C=CC2=C(c2c(F)c(F)c(F)c(F)c2C(=O)O)c2ccc(O)cc21. The fourth-order valence-electron chi connectivity index (χ4n) is 4.15. The Balaban J connectivity index is 2.25. The first-order valence-corrected chi connectivity index (χ1v) is 9.09. The number of aromatic carboxylic acids is 1. The van der Waals surface area contributed by atoms with Crippen molar-refractivity contribution in [3.63, 3.8) is 0 Å². The van der Waals surface area contributed by atoms with Gasteiger partial charge in [-0.25, -0.2) is 22.4 Å². The van der Waals surface area contributed by atoms with Crippen LogP contribution in [0.15, 0.2) is 47.6 Å². The zero-order chi connectivity index (χ0) is 22.8. The van der Waals surface area contributed by atoms with Crippen LogP contribution in [0.4, 0.5) is 17.6 Å². The van der Waals surface area contributed by atoms with Gasteiger partial charge in [-0.15, -0.1) is 0 Å². The summed E-state index contributed by atoms with van der Waals surface area (Å²) >= 11 is 0. The van der Waals surface area contributed by atoms with Crippen LogP contribution in [-0.2, 0) is 10.2 Å². The van der Waals surface area contributed by atoms with E-state index in [4.69, 9.17) is 0 Å². The molecule has 2 aromatic rings. The number of carbonyl (C=O) groups is 2. The second-order valence-corrected chi connectivity index (χ2v) is 7.75. The Morgan fingerprint density at radius 2 is 1.61 bits per heavy atom. The van der Waals surface area contributed by atoms with E-state index in [0.29, 0.717) is 11.1 Å². The van der Waals surface area contributed by atoms with Crippen molar-refractivity contribution >= 4 is 17.3 Å². The molecule has 4 nitrogen and oxygen atoms in total. The van der Waals surface area contributed by atoms with Gasteiger partial charge < -0.3 is 10.2 Å². The number of carboxylic acids is 1. The highest BCUT2D eigenvalue weighted by molar-refractivity contribution is 6.07. The maximum Gasteiger partial charge on any atom is 0.339 e. The van der Waals surface area contributed by atoms with E-state index in [1.54, 1.807) is 13.8 Å². The molecular weight excluding hydrogens is 416 g/mol.